The lowest BCUT2D eigenvalue weighted by Crippen LogP contribution is -2.54. The van der Waals surface area contributed by atoms with Crippen LogP contribution in [0.15, 0.2) is 128 Å². The van der Waals surface area contributed by atoms with Crippen molar-refractivity contribution in [3.8, 4) is 40.6 Å². The molecule has 5 heterocycles. The SMILES string of the molecule is COc1ccc(C2=CN3C(=O)c4cc(OC)c(OCCCOc5cc6c(cc5OC)C(=O)N5CC7(CC7)C[C@H]5C(O)N6C(=O)OCc5ccc(CC(=O)[C@H](C)NC(=O)[C@@H](NC(=O)CNC(=O)CNC(=O)CCC(=O)N6Cc7ccccc7C#Cc7ccccc76)C(C)C)cc5)cc4CC[C@@H]3C2)cc1. The summed E-state index contributed by atoms with van der Waals surface area (Å²) < 4.78 is 35.4. The molecule has 6 aromatic carbocycles. The van der Waals surface area contributed by atoms with E-state index in [4.69, 9.17) is 28.4 Å². The molecule has 1 spiro atoms. The molecule has 5 atom stereocenters. The fourth-order valence-electron chi connectivity index (χ4n) is 13.8. The van der Waals surface area contributed by atoms with Gasteiger partial charge in [-0.15, -0.1) is 0 Å². The van der Waals surface area contributed by atoms with Crippen LogP contribution in [0.2, 0.25) is 0 Å². The lowest BCUT2D eigenvalue weighted by atomic mass is 9.97. The molecular weight excluding hydrogens is 1320 g/mol. The van der Waals surface area contributed by atoms with Crippen molar-refractivity contribution in [2.75, 3.05) is 64.0 Å². The normalized spacial score (nSPS) is 17.8. The van der Waals surface area contributed by atoms with Crippen molar-refractivity contribution in [3.63, 3.8) is 0 Å². The van der Waals surface area contributed by atoms with Gasteiger partial charge in [0.15, 0.2) is 35.0 Å². The first-order valence-corrected chi connectivity index (χ1v) is 34.7. The third kappa shape index (κ3) is 16.3. The molecule has 1 saturated heterocycles. The Hall–Kier alpha value is -11.2. The Kier molecular flexibility index (Phi) is 21.8. The first kappa shape index (κ1) is 71.6. The summed E-state index contributed by atoms with van der Waals surface area (Å²) in [5.74, 6) is 4.36. The highest BCUT2D eigenvalue weighted by molar-refractivity contribution is 6.06. The molecule has 24 nitrogen and oxygen atoms in total. The van der Waals surface area contributed by atoms with Gasteiger partial charge in [0.25, 0.3) is 11.8 Å². The minimum atomic E-state index is -1.48. The van der Waals surface area contributed by atoms with Crippen molar-refractivity contribution in [1.29, 1.82) is 0 Å². The van der Waals surface area contributed by atoms with Gasteiger partial charge >= 0.3 is 6.09 Å². The van der Waals surface area contributed by atoms with Gasteiger partial charge in [-0.3, -0.25) is 38.4 Å². The van der Waals surface area contributed by atoms with Crippen LogP contribution in [0.1, 0.15) is 132 Å². The zero-order chi connectivity index (χ0) is 72.6. The van der Waals surface area contributed by atoms with Gasteiger partial charge in [0, 0.05) is 67.2 Å². The number of fused-ring (bicyclic) bond motifs is 6. The number of hydrogen-bond donors (Lipinski definition) is 5. The zero-order valence-electron chi connectivity index (χ0n) is 58.5. The molecule has 6 aromatic rings. The number of aliphatic hydroxyl groups is 1. The molecule has 0 aromatic heterocycles. The predicted molar refractivity (Wildman–Crippen MR) is 380 cm³/mol. The minimum absolute atomic E-state index is 0.00529. The summed E-state index contributed by atoms with van der Waals surface area (Å²) in [6.07, 6.45) is 3.94. The van der Waals surface area contributed by atoms with Gasteiger partial charge in [0.1, 0.15) is 18.4 Å². The number of Topliss-reactive ketones (excluding diaryl/α,β-unsaturated/α-hetero) is 1. The van der Waals surface area contributed by atoms with Gasteiger partial charge in [-0.2, -0.15) is 0 Å². The maximum absolute atomic E-state index is 14.5. The van der Waals surface area contributed by atoms with E-state index < -0.39 is 73.1 Å². The van der Waals surface area contributed by atoms with Crippen molar-refractivity contribution in [2.45, 2.75) is 129 Å². The molecule has 1 aliphatic carbocycles. The average Bonchev–Trinajstić information content (AvgIpc) is 1.57. The van der Waals surface area contributed by atoms with E-state index in [1.807, 2.05) is 83.9 Å². The number of methoxy groups -OCH3 is 3. The Morgan fingerprint density at radius 1 is 0.670 bits per heavy atom. The summed E-state index contributed by atoms with van der Waals surface area (Å²) in [7, 11) is 4.61. The molecule has 103 heavy (non-hydrogen) atoms. The van der Waals surface area contributed by atoms with E-state index in [1.54, 1.807) is 67.2 Å². The maximum Gasteiger partial charge on any atom is 0.416 e. The van der Waals surface area contributed by atoms with Crippen molar-refractivity contribution in [2.24, 2.45) is 11.3 Å². The summed E-state index contributed by atoms with van der Waals surface area (Å²) in [6, 6.07) is 33.3. The minimum Gasteiger partial charge on any atom is -0.497 e. The Morgan fingerprint density at radius 2 is 1.33 bits per heavy atom. The van der Waals surface area contributed by atoms with E-state index in [1.165, 1.54) is 33.3 Å². The number of rotatable bonds is 26. The number of amides is 8. The number of benzene rings is 6. The van der Waals surface area contributed by atoms with Gasteiger partial charge in [-0.05, 0) is 139 Å². The number of hydrogen-bond acceptors (Lipinski definition) is 16. The maximum atomic E-state index is 14.5. The first-order valence-electron chi connectivity index (χ1n) is 34.7. The molecule has 6 aliphatic rings. The van der Waals surface area contributed by atoms with Gasteiger partial charge in [-0.25, -0.2) is 9.69 Å². The van der Waals surface area contributed by atoms with Crippen molar-refractivity contribution in [3.05, 3.63) is 178 Å². The summed E-state index contributed by atoms with van der Waals surface area (Å²) >= 11 is 0. The van der Waals surface area contributed by atoms with E-state index in [0.29, 0.717) is 65.2 Å². The largest absolute Gasteiger partial charge is 0.497 e. The third-order valence-corrected chi connectivity index (χ3v) is 19.9. The first-order chi connectivity index (χ1) is 49.7. The smallest absolute Gasteiger partial charge is 0.416 e. The van der Waals surface area contributed by atoms with E-state index in [9.17, 15) is 48.3 Å². The molecule has 8 amide bonds. The number of carbonyl (C=O) groups is 9. The van der Waals surface area contributed by atoms with Crippen LogP contribution in [0.4, 0.5) is 16.2 Å². The average molecular weight is 1400 g/mol. The van der Waals surface area contributed by atoms with Gasteiger partial charge < -0.3 is 69.5 Å². The molecular formula is C79H84N8O16. The van der Waals surface area contributed by atoms with Crippen molar-refractivity contribution < 1.29 is 76.7 Å². The lowest BCUT2D eigenvalue weighted by Gasteiger charge is -2.31. The molecule has 12 rings (SSSR count). The molecule has 536 valence electrons. The van der Waals surface area contributed by atoms with Crippen molar-refractivity contribution in [1.82, 2.24) is 31.1 Å². The van der Waals surface area contributed by atoms with Crippen LogP contribution in [-0.2, 0) is 59.5 Å². The summed E-state index contributed by atoms with van der Waals surface area (Å²) in [5.41, 5.74) is 7.73. The molecule has 1 unspecified atom stereocenters. The Labute approximate surface area is 597 Å². The van der Waals surface area contributed by atoms with Crippen LogP contribution in [0, 0.1) is 23.2 Å². The summed E-state index contributed by atoms with van der Waals surface area (Å²) in [6.45, 7) is 4.73. The second-order valence-electron chi connectivity index (χ2n) is 27.2. The third-order valence-electron chi connectivity index (χ3n) is 19.9. The molecule has 5 aliphatic heterocycles. The van der Waals surface area contributed by atoms with Gasteiger partial charge in [0.2, 0.25) is 29.5 Å². The molecule has 0 radical (unpaired) electrons. The highest BCUT2D eigenvalue weighted by Gasteiger charge is 2.58. The van der Waals surface area contributed by atoms with E-state index in [2.05, 4.69) is 33.1 Å². The van der Waals surface area contributed by atoms with E-state index in [0.717, 1.165) is 64.2 Å². The number of aryl methyl sites for hydroxylation is 1. The lowest BCUT2D eigenvalue weighted by molar-refractivity contribution is -0.132. The fourth-order valence-corrected chi connectivity index (χ4v) is 13.8. The topological polar surface area (TPSA) is 290 Å². The van der Waals surface area contributed by atoms with E-state index in [-0.39, 0.29) is 103 Å². The number of aliphatic hydroxyl groups excluding tert-OH is 1. The number of nitrogens with zero attached hydrogens (tertiary/aromatic N) is 4. The number of carbonyl (C=O) groups excluding carboxylic acids is 9. The zero-order valence-corrected chi connectivity index (χ0v) is 58.5. The molecule has 5 N–H and O–H groups in total. The highest BCUT2D eigenvalue weighted by atomic mass is 16.6. The van der Waals surface area contributed by atoms with Crippen LogP contribution in [-0.4, -0.2) is 153 Å². The highest BCUT2D eigenvalue weighted by Crippen LogP contribution is 2.57. The Balaban J connectivity index is 0.606. The predicted octanol–water partition coefficient (Wildman–Crippen LogP) is 7.95. The van der Waals surface area contributed by atoms with Crippen LogP contribution in [0.3, 0.4) is 0 Å². The number of para-hydroxylation sites is 1. The molecule has 0 bridgehead atoms. The quantitative estimate of drug-likeness (QED) is 0.0254. The number of nitrogens with one attached hydrogen (secondary N) is 4. The summed E-state index contributed by atoms with van der Waals surface area (Å²) in [5, 5.41) is 22.4. The second kappa shape index (κ2) is 31.4. The molecule has 24 heteroatoms. The number of ether oxygens (including phenoxy) is 6. The molecule has 1 saturated carbocycles. The number of ketones is 1. The van der Waals surface area contributed by atoms with Crippen LogP contribution >= 0.6 is 0 Å². The Morgan fingerprint density at radius 3 is 2.04 bits per heavy atom. The standard InChI is InChI=1S/C79H84N8O16/c1-47(2)73(83-71(91)42-81-70(90)41-80-69(89)28-29-72(92)85-43-55-14-8-7-12-51(55)20-21-53-13-9-10-15-61(53)85)74(93)82-48(3)64(88)34-49-16-18-50(19-17-49)45-103-78(97)87-62-39-68(66(100-6)38-60(62)76(95)86-46-79(30-31-79)40-63(86)77(87)96)102-33-11-32-101-67-36-54-22-25-57-35-56(52-23-26-58(98-4)27-24-52)44-84(57)75(94)59(54)37-65(67)99-5/h7-10,12-19,23-24,26-27,36-39,44,47-48,57,63,73,77,96H,11,22,25,28-35,40-43,45-46H2,1-6H3,(H,80,89)(H,81,90)(H,82,93)(H,83,91)/t48-,57+,63-,73-,77?/m0/s1. The monoisotopic (exact) mass is 1400 g/mol. The number of anilines is 2. The van der Waals surface area contributed by atoms with Crippen LogP contribution < -0.4 is 54.8 Å². The Bertz CT molecular complexity index is 4390. The summed E-state index contributed by atoms with van der Waals surface area (Å²) in [4.78, 5) is 129. The van der Waals surface area contributed by atoms with Crippen LogP contribution in [0.5, 0.6) is 28.7 Å². The second-order valence-corrected chi connectivity index (χ2v) is 27.2. The van der Waals surface area contributed by atoms with E-state index >= 15 is 0 Å². The van der Waals surface area contributed by atoms with Gasteiger partial charge in [0.05, 0.1) is 83.2 Å². The molecule has 2 fully saturated rings. The van der Waals surface area contributed by atoms with Gasteiger partial charge in [-0.1, -0.05) is 92.4 Å². The van der Waals surface area contributed by atoms with Crippen LogP contribution in [0.25, 0.3) is 5.57 Å². The van der Waals surface area contributed by atoms with Crippen molar-refractivity contribution >= 4 is 70.2 Å². The fraction of sp³-hybridized carbons (Fsp3) is 0.380.